The molecule has 1 aromatic rings. The largest absolute Gasteiger partial charge is 0.317 e. The summed E-state index contributed by atoms with van der Waals surface area (Å²) in [5.74, 6) is 0.282. The van der Waals surface area contributed by atoms with E-state index in [1.165, 1.54) is 18.2 Å². The second-order valence-corrected chi connectivity index (χ2v) is 6.94. The Morgan fingerprint density at radius 3 is 2.33 bits per heavy atom. The van der Waals surface area contributed by atoms with Crippen LogP contribution in [-0.2, 0) is 16.3 Å². The molecular formula is C14H23NO2S. The molecule has 1 aromatic carbocycles. The van der Waals surface area contributed by atoms with E-state index in [0.717, 1.165) is 25.9 Å². The Morgan fingerprint density at radius 1 is 1.00 bits per heavy atom. The SMILES string of the molecule is CS(=O)(=O)CCCNCCCCc1ccccc1. The molecule has 1 rings (SSSR count). The summed E-state index contributed by atoms with van der Waals surface area (Å²) in [6, 6.07) is 10.5. The van der Waals surface area contributed by atoms with E-state index in [1.54, 1.807) is 0 Å². The van der Waals surface area contributed by atoms with Crippen LogP contribution in [0.4, 0.5) is 0 Å². The average Bonchev–Trinajstić information content (AvgIpc) is 2.32. The van der Waals surface area contributed by atoms with Gasteiger partial charge in [0, 0.05) is 6.26 Å². The van der Waals surface area contributed by atoms with Crippen LogP contribution >= 0.6 is 0 Å². The molecule has 0 unspecified atom stereocenters. The smallest absolute Gasteiger partial charge is 0.147 e. The first kappa shape index (κ1) is 15.2. The molecule has 4 heteroatoms. The van der Waals surface area contributed by atoms with Gasteiger partial charge in [-0.1, -0.05) is 30.3 Å². The lowest BCUT2D eigenvalue weighted by atomic mass is 10.1. The predicted octanol–water partition coefficient (Wildman–Crippen LogP) is 2.03. The van der Waals surface area contributed by atoms with Gasteiger partial charge in [0.05, 0.1) is 5.75 Å². The van der Waals surface area contributed by atoms with Crippen LogP contribution in [0, 0.1) is 0 Å². The monoisotopic (exact) mass is 269 g/mol. The van der Waals surface area contributed by atoms with Crippen molar-refractivity contribution in [3.05, 3.63) is 35.9 Å². The number of benzene rings is 1. The highest BCUT2D eigenvalue weighted by Gasteiger charge is 2.00. The predicted molar refractivity (Wildman–Crippen MR) is 76.6 cm³/mol. The minimum absolute atomic E-state index is 0.282. The Hall–Kier alpha value is -0.870. The molecule has 0 aliphatic rings. The summed E-state index contributed by atoms with van der Waals surface area (Å²) in [5.41, 5.74) is 1.38. The average molecular weight is 269 g/mol. The van der Waals surface area contributed by atoms with E-state index in [2.05, 4.69) is 29.6 Å². The van der Waals surface area contributed by atoms with Gasteiger partial charge < -0.3 is 5.32 Å². The Labute approximate surface area is 111 Å². The van der Waals surface area contributed by atoms with Gasteiger partial charge in [0.1, 0.15) is 9.84 Å². The van der Waals surface area contributed by atoms with E-state index in [4.69, 9.17) is 0 Å². The van der Waals surface area contributed by atoms with E-state index < -0.39 is 9.84 Å². The Kier molecular flexibility index (Phi) is 6.98. The van der Waals surface area contributed by atoms with Crippen LogP contribution in [0.3, 0.4) is 0 Å². The van der Waals surface area contributed by atoms with Crippen LogP contribution in [0.25, 0.3) is 0 Å². The molecule has 0 aromatic heterocycles. The van der Waals surface area contributed by atoms with Gasteiger partial charge in [-0.2, -0.15) is 0 Å². The fourth-order valence-corrected chi connectivity index (χ4v) is 2.48. The standard InChI is InChI=1S/C14H23NO2S/c1-18(16,17)13-7-12-15-11-6-5-10-14-8-3-2-4-9-14/h2-4,8-9,15H,5-7,10-13H2,1H3. The summed E-state index contributed by atoms with van der Waals surface area (Å²) >= 11 is 0. The molecule has 0 amide bonds. The molecule has 0 spiro atoms. The molecule has 3 nitrogen and oxygen atoms in total. The fraction of sp³-hybridized carbons (Fsp3) is 0.571. The third kappa shape index (κ3) is 8.25. The molecular weight excluding hydrogens is 246 g/mol. The highest BCUT2D eigenvalue weighted by molar-refractivity contribution is 7.90. The van der Waals surface area contributed by atoms with Gasteiger partial charge in [-0.25, -0.2) is 8.42 Å². The Balaban J connectivity index is 1.93. The molecule has 18 heavy (non-hydrogen) atoms. The van der Waals surface area contributed by atoms with Crippen LogP contribution in [0.1, 0.15) is 24.8 Å². The molecule has 0 saturated heterocycles. The summed E-state index contributed by atoms with van der Waals surface area (Å²) in [5, 5.41) is 3.28. The van der Waals surface area contributed by atoms with Crippen molar-refractivity contribution in [3.63, 3.8) is 0 Å². The third-order valence-electron chi connectivity index (χ3n) is 2.78. The molecule has 0 heterocycles. The minimum Gasteiger partial charge on any atom is -0.317 e. The number of aryl methyl sites for hydroxylation is 1. The van der Waals surface area contributed by atoms with Crippen molar-refractivity contribution in [2.24, 2.45) is 0 Å². The maximum atomic E-state index is 10.9. The zero-order valence-corrected chi connectivity index (χ0v) is 11.9. The van der Waals surface area contributed by atoms with Crippen molar-refractivity contribution in [3.8, 4) is 0 Å². The normalized spacial score (nSPS) is 11.6. The maximum absolute atomic E-state index is 10.9. The molecule has 0 saturated carbocycles. The zero-order valence-electron chi connectivity index (χ0n) is 11.1. The molecule has 0 radical (unpaired) electrons. The maximum Gasteiger partial charge on any atom is 0.147 e. The quantitative estimate of drug-likeness (QED) is 0.698. The molecule has 0 aliphatic heterocycles. The van der Waals surface area contributed by atoms with E-state index in [0.29, 0.717) is 6.42 Å². The molecule has 0 bridgehead atoms. The zero-order chi connectivity index (χ0) is 13.3. The van der Waals surface area contributed by atoms with E-state index in [-0.39, 0.29) is 5.75 Å². The molecule has 102 valence electrons. The summed E-state index contributed by atoms with van der Waals surface area (Å²) in [6.07, 6.45) is 5.41. The number of nitrogens with one attached hydrogen (secondary N) is 1. The molecule has 0 fully saturated rings. The van der Waals surface area contributed by atoms with Crippen LogP contribution in [-0.4, -0.2) is 33.5 Å². The first-order chi connectivity index (χ1) is 8.58. The lowest BCUT2D eigenvalue weighted by Gasteiger charge is -2.04. The van der Waals surface area contributed by atoms with Crippen molar-refractivity contribution in [2.75, 3.05) is 25.1 Å². The first-order valence-corrected chi connectivity index (χ1v) is 8.56. The van der Waals surface area contributed by atoms with Gasteiger partial charge in [-0.05, 0) is 44.3 Å². The second-order valence-electron chi connectivity index (χ2n) is 4.68. The van der Waals surface area contributed by atoms with Gasteiger partial charge in [0.25, 0.3) is 0 Å². The van der Waals surface area contributed by atoms with Crippen molar-refractivity contribution in [2.45, 2.75) is 25.7 Å². The van der Waals surface area contributed by atoms with Gasteiger partial charge in [0.2, 0.25) is 0 Å². The summed E-state index contributed by atoms with van der Waals surface area (Å²) in [4.78, 5) is 0. The van der Waals surface area contributed by atoms with E-state index in [9.17, 15) is 8.42 Å². The van der Waals surface area contributed by atoms with Crippen molar-refractivity contribution >= 4 is 9.84 Å². The van der Waals surface area contributed by atoms with Crippen LogP contribution in [0.5, 0.6) is 0 Å². The second kappa shape index (κ2) is 8.27. The van der Waals surface area contributed by atoms with Crippen LogP contribution in [0.15, 0.2) is 30.3 Å². The molecule has 0 aliphatic carbocycles. The number of rotatable bonds is 9. The minimum atomic E-state index is -2.80. The van der Waals surface area contributed by atoms with Gasteiger partial charge in [0.15, 0.2) is 0 Å². The Bertz CT molecular complexity index is 415. The summed E-state index contributed by atoms with van der Waals surface area (Å²) in [7, 11) is -2.80. The highest BCUT2D eigenvalue weighted by Crippen LogP contribution is 2.03. The lowest BCUT2D eigenvalue weighted by molar-refractivity contribution is 0.588. The first-order valence-electron chi connectivity index (χ1n) is 6.50. The molecule has 1 N–H and O–H groups in total. The highest BCUT2D eigenvalue weighted by atomic mass is 32.2. The van der Waals surface area contributed by atoms with E-state index >= 15 is 0 Å². The number of unbranched alkanes of at least 4 members (excludes halogenated alkanes) is 1. The van der Waals surface area contributed by atoms with Crippen molar-refractivity contribution in [1.82, 2.24) is 5.32 Å². The number of sulfone groups is 1. The summed E-state index contributed by atoms with van der Waals surface area (Å²) in [6.45, 7) is 1.76. The Morgan fingerprint density at radius 2 is 1.67 bits per heavy atom. The molecule has 0 atom stereocenters. The van der Waals surface area contributed by atoms with Gasteiger partial charge in [-0.15, -0.1) is 0 Å². The third-order valence-corrected chi connectivity index (χ3v) is 3.81. The van der Waals surface area contributed by atoms with Gasteiger partial charge in [-0.3, -0.25) is 0 Å². The topological polar surface area (TPSA) is 46.2 Å². The van der Waals surface area contributed by atoms with Crippen molar-refractivity contribution in [1.29, 1.82) is 0 Å². The fourth-order valence-electron chi connectivity index (χ4n) is 1.81. The van der Waals surface area contributed by atoms with Crippen molar-refractivity contribution < 1.29 is 8.42 Å². The lowest BCUT2D eigenvalue weighted by Crippen LogP contribution is -2.19. The van der Waals surface area contributed by atoms with E-state index in [1.807, 2.05) is 6.07 Å². The number of hydrogen-bond donors (Lipinski definition) is 1. The van der Waals surface area contributed by atoms with Gasteiger partial charge >= 0.3 is 0 Å². The van der Waals surface area contributed by atoms with Crippen LogP contribution in [0.2, 0.25) is 0 Å². The van der Waals surface area contributed by atoms with Crippen LogP contribution < -0.4 is 5.32 Å². The number of hydrogen-bond acceptors (Lipinski definition) is 3. The summed E-state index contributed by atoms with van der Waals surface area (Å²) < 4.78 is 21.8.